The fraction of sp³-hybridized carbons (Fsp3) is 1.00. The summed E-state index contributed by atoms with van der Waals surface area (Å²) in [4.78, 5) is 0. The molecule has 0 N–H and O–H groups in total. The average molecular weight is 876 g/mol. The second-order valence-electron chi connectivity index (χ2n) is 16.7. The van der Waals surface area contributed by atoms with E-state index in [4.69, 9.17) is 26.6 Å². The summed E-state index contributed by atoms with van der Waals surface area (Å²) >= 11 is 0. The number of hydrogen-bond acceptors (Lipinski definition) is 10. The smallest absolute Gasteiger partial charge is 0.371 e. The number of hydrogen-bond donors (Lipinski definition) is 0. The van der Waals surface area contributed by atoms with Crippen molar-refractivity contribution in [1.29, 1.82) is 0 Å². The molecular weight excluding hydrogens is 785 g/mol. The molecule has 12 heteroatoms. The monoisotopic (exact) mass is 875 g/mol. The Morgan fingerprint density at radius 3 is 0.667 bits per heavy atom. The molecule has 0 aromatic heterocycles. The van der Waals surface area contributed by atoms with E-state index in [1.54, 1.807) is 0 Å². The molecule has 0 atom stereocenters. The molecule has 0 saturated carbocycles. The fourth-order valence-corrected chi connectivity index (χ4v) is 19.6. The molecule has 0 fully saturated rings. The molecule has 6 nitrogen and oxygen atoms in total. The van der Waals surface area contributed by atoms with E-state index in [1.165, 1.54) is 127 Å². The van der Waals surface area contributed by atoms with Gasteiger partial charge in [0.1, 0.15) is 0 Å². The molecule has 0 spiro atoms. The van der Waals surface area contributed by atoms with Crippen molar-refractivity contribution in [1.82, 2.24) is 0 Å². The molecule has 0 aliphatic carbocycles. The van der Waals surface area contributed by atoms with Crippen LogP contribution < -0.4 is 0 Å². The average Bonchev–Trinajstić information content (AvgIpc) is 3.04. The first-order valence-corrected chi connectivity index (χ1v) is 31.4. The zero-order valence-electron chi connectivity index (χ0n) is 37.5. The topological polar surface area (TPSA) is 55.4 Å². The normalized spacial score (nSPS) is 13.0. The van der Waals surface area contributed by atoms with E-state index in [0.717, 1.165) is 24.9 Å². The van der Waals surface area contributed by atoms with Gasteiger partial charge in [0.2, 0.25) is 0 Å². The van der Waals surface area contributed by atoms with Crippen molar-refractivity contribution < 1.29 is 26.6 Å². The Morgan fingerprint density at radius 1 is 0.278 bits per heavy atom. The first kappa shape index (κ1) is 55.6. The molecule has 0 saturated heterocycles. The molecule has 0 radical (unpaired) electrons. The first-order valence-electron chi connectivity index (χ1n) is 22.4. The van der Waals surface area contributed by atoms with Crippen LogP contribution in [0.3, 0.4) is 0 Å². The van der Waals surface area contributed by atoms with Gasteiger partial charge in [-0.1, -0.05) is 124 Å². The largest absolute Gasteiger partial charge is 0.501 e. The van der Waals surface area contributed by atoms with E-state index in [2.05, 4.69) is 105 Å². The maximum atomic E-state index is 6.32. The Bertz CT molecular complexity index is 694. The molecule has 0 rings (SSSR count). The van der Waals surface area contributed by atoms with Crippen LogP contribution >= 0.6 is 41.2 Å². The predicted molar refractivity (Wildman–Crippen MR) is 251 cm³/mol. The minimum atomic E-state index is -2.63. The lowest BCUT2D eigenvalue weighted by atomic mass is 10.1. The van der Waals surface area contributed by atoms with E-state index in [9.17, 15) is 0 Å². The zero-order valence-corrected chi connectivity index (χ0v) is 42.8. The highest BCUT2D eigenvalue weighted by Crippen LogP contribution is 2.43. The van der Waals surface area contributed by atoms with Gasteiger partial charge in [-0.25, -0.2) is 0 Å². The summed E-state index contributed by atoms with van der Waals surface area (Å²) in [6, 6.07) is 1.86. The van der Waals surface area contributed by atoms with Crippen LogP contribution in [0.4, 0.5) is 0 Å². The lowest BCUT2D eigenvalue weighted by molar-refractivity contribution is 0.00161. The van der Waals surface area contributed by atoms with Gasteiger partial charge >= 0.3 is 17.6 Å². The van der Waals surface area contributed by atoms with Crippen LogP contribution in [-0.4, -0.2) is 65.7 Å². The minimum absolute atomic E-state index is 0.129. The summed E-state index contributed by atoms with van der Waals surface area (Å²) < 4.78 is 37.9. The van der Waals surface area contributed by atoms with E-state index in [-0.39, 0.29) is 36.6 Å². The van der Waals surface area contributed by atoms with Gasteiger partial charge in [-0.15, -0.1) is 0 Å². The zero-order chi connectivity index (χ0) is 40.5. The molecule has 0 aliphatic rings. The quantitative estimate of drug-likeness (QED) is 0.0337. The van der Waals surface area contributed by atoms with Gasteiger partial charge in [0, 0.05) is 60.2 Å². The van der Waals surface area contributed by atoms with Crippen LogP contribution in [0, 0.1) is 0 Å². The molecule has 326 valence electrons. The first-order chi connectivity index (χ1) is 25.7. The van der Waals surface area contributed by atoms with Crippen molar-refractivity contribution in [2.24, 2.45) is 0 Å². The maximum absolute atomic E-state index is 6.32. The fourth-order valence-electron chi connectivity index (χ4n) is 6.62. The second-order valence-corrected chi connectivity index (χ2v) is 28.1. The van der Waals surface area contributed by atoms with Gasteiger partial charge in [-0.05, 0) is 128 Å². The molecular formula is C42H90O6S4Si2. The summed E-state index contributed by atoms with van der Waals surface area (Å²) in [7, 11) is 2.83. The van der Waals surface area contributed by atoms with Crippen molar-refractivity contribution in [2.45, 2.75) is 260 Å². The van der Waals surface area contributed by atoms with Crippen LogP contribution in [0.15, 0.2) is 0 Å². The second kappa shape index (κ2) is 36.4. The molecule has 0 heterocycles. The highest BCUT2D eigenvalue weighted by atomic mass is 33.7. The Hall–Kier alpha value is 1.59. The molecule has 0 amide bonds. The van der Waals surface area contributed by atoms with Gasteiger partial charge < -0.3 is 26.6 Å². The van der Waals surface area contributed by atoms with Gasteiger partial charge in [-0.3, -0.25) is 0 Å². The Labute approximate surface area is 355 Å². The van der Waals surface area contributed by atoms with Gasteiger partial charge in [0.15, 0.2) is 0 Å². The number of unbranched alkanes of at least 4 members (excludes halogenated alkanes) is 18. The molecule has 0 unspecified atom stereocenters. The summed E-state index contributed by atoms with van der Waals surface area (Å²) in [5, 5.41) is 0. The van der Waals surface area contributed by atoms with E-state index in [0.29, 0.717) is 0 Å². The van der Waals surface area contributed by atoms with Crippen molar-refractivity contribution in [3.63, 3.8) is 0 Å². The lowest BCUT2D eigenvalue weighted by Gasteiger charge is -2.34. The molecule has 0 bridgehead atoms. The molecule has 54 heavy (non-hydrogen) atoms. The summed E-state index contributed by atoms with van der Waals surface area (Å²) in [6.45, 7) is 25.1. The van der Waals surface area contributed by atoms with Gasteiger partial charge in [0.05, 0.1) is 0 Å². The van der Waals surface area contributed by atoms with Crippen molar-refractivity contribution in [3.05, 3.63) is 0 Å². The van der Waals surface area contributed by atoms with Crippen LogP contribution in [0.2, 0.25) is 12.1 Å². The van der Waals surface area contributed by atoms with Crippen LogP contribution in [-0.2, 0) is 26.6 Å². The van der Waals surface area contributed by atoms with Crippen molar-refractivity contribution >= 4 is 58.8 Å². The summed E-state index contributed by atoms with van der Waals surface area (Å²) in [5.41, 5.74) is 0. The highest BCUT2D eigenvalue weighted by Gasteiger charge is 2.44. The molecule has 0 aromatic carbocycles. The SMILES string of the molecule is CC(C)O[Si](CCCCCCCCCCCCSSSSCCCCCCCCCCCC[Si](OC(C)C)(OC(C)C)OC(C)C)(OC(C)C)OC(C)C. The Kier molecular flexibility index (Phi) is 37.5. The van der Waals surface area contributed by atoms with E-state index < -0.39 is 17.6 Å². The van der Waals surface area contributed by atoms with Crippen molar-refractivity contribution in [2.75, 3.05) is 11.5 Å². The predicted octanol–water partition coefficient (Wildman–Crippen LogP) is 15.9. The number of rotatable bonds is 41. The maximum Gasteiger partial charge on any atom is 0.501 e. The van der Waals surface area contributed by atoms with E-state index >= 15 is 0 Å². The Balaban J connectivity index is 3.61. The Morgan fingerprint density at radius 2 is 0.463 bits per heavy atom. The molecule has 0 aliphatic heterocycles. The van der Waals surface area contributed by atoms with Crippen LogP contribution in [0.1, 0.15) is 212 Å². The van der Waals surface area contributed by atoms with E-state index in [1.807, 2.05) is 19.7 Å². The van der Waals surface area contributed by atoms with Crippen molar-refractivity contribution in [3.8, 4) is 0 Å². The van der Waals surface area contributed by atoms with Gasteiger partial charge in [-0.2, -0.15) is 0 Å². The third-order valence-electron chi connectivity index (χ3n) is 8.54. The minimum Gasteiger partial charge on any atom is -0.371 e. The highest BCUT2D eigenvalue weighted by molar-refractivity contribution is 9.26. The third-order valence-corrected chi connectivity index (χ3v) is 22.1. The standard InChI is InChI=1S/C42H90O6S4Si2/c1-37(2)43-53(44-38(3)4,45-39(5)6)35-31-27-23-19-15-13-17-21-25-29-33-49-51-52-50-34-30-26-22-18-14-16-20-24-28-32-36-54(46-40(7)8,47-41(9)10)48-42(11)12/h37-42H,13-36H2,1-12H3. The summed E-state index contributed by atoms with van der Waals surface area (Å²) in [5.74, 6) is 2.58. The summed E-state index contributed by atoms with van der Waals surface area (Å²) in [6.07, 6.45) is 27.4. The van der Waals surface area contributed by atoms with Gasteiger partial charge in [0.25, 0.3) is 0 Å². The molecule has 0 aromatic rings. The third kappa shape index (κ3) is 35.5. The van der Waals surface area contributed by atoms with Crippen LogP contribution in [0.25, 0.3) is 0 Å². The van der Waals surface area contributed by atoms with Crippen LogP contribution in [0.5, 0.6) is 0 Å². The lowest BCUT2D eigenvalue weighted by Crippen LogP contribution is -2.50.